The van der Waals surface area contributed by atoms with E-state index in [-0.39, 0.29) is 17.4 Å². The molecule has 4 rings (SSSR count). The first-order valence-corrected chi connectivity index (χ1v) is 12.3. The van der Waals surface area contributed by atoms with Crippen LogP contribution in [0.2, 0.25) is 0 Å². The first kappa shape index (κ1) is 23.2. The Morgan fingerprint density at radius 2 is 1.82 bits per heavy atom. The maximum atomic E-state index is 12.3. The number of carbonyl (C=O) groups is 1. The number of benzene rings is 3. The standard InChI is InChI=1S/C23H17Br2N5O2S/c24-17-8-6-15(7-9-17)22-28-29-23(30(22)19-4-2-1-3-5-19)33-14-21(32)27-26-13-16-12-18(25)10-11-20(16)31/h1-13H,14H2,(H2,26,27,31,32). The monoisotopic (exact) mass is 585 g/mol. The van der Waals surface area contributed by atoms with Crippen molar-refractivity contribution < 1.29 is 14.5 Å². The molecule has 0 atom stereocenters. The van der Waals surface area contributed by atoms with Gasteiger partial charge in [0.15, 0.2) is 0 Å². The van der Waals surface area contributed by atoms with Gasteiger partial charge in [-0.3, -0.25) is 4.79 Å². The maximum Gasteiger partial charge on any atom is 0.342 e. The summed E-state index contributed by atoms with van der Waals surface area (Å²) in [6, 6.07) is 22.4. The molecule has 166 valence electrons. The second-order valence-corrected chi connectivity index (χ2v) is 9.57. The second kappa shape index (κ2) is 10.8. The van der Waals surface area contributed by atoms with Crippen LogP contribution in [0.1, 0.15) is 5.56 Å². The summed E-state index contributed by atoms with van der Waals surface area (Å²) in [5.41, 5.74) is 4.71. The minimum Gasteiger partial charge on any atom is -0.872 e. The Labute approximate surface area is 211 Å². The number of hydrazone groups is 1. The lowest BCUT2D eigenvalue weighted by molar-refractivity contribution is -0.625. The second-order valence-electron chi connectivity index (χ2n) is 6.80. The van der Waals surface area contributed by atoms with Gasteiger partial charge in [0, 0.05) is 8.95 Å². The molecule has 1 amide bonds. The predicted molar refractivity (Wildman–Crippen MR) is 133 cm³/mol. The van der Waals surface area contributed by atoms with Crippen LogP contribution < -0.4 is 15.1 Å². The number of para-hydroxylation sites is 1. The number of hydrogen-bond donors (Lipinski definition) is 2. The van der Waals surface area contributed by atoms with E-state index >= 15 is 0 Å². The predicted octanol–water partition coefficient (Wildman–Crippen LogP) is 4.19. The molecule has 3 aromatic carbocycles. The quantitative estimate of drug-likeness (QED) is 0.147. The number of nitrogens with zero attached hydrogens (tertiary/aromatic N) is 3. The smallest absolute Gasteiger partial charge is 0.342 e. The molecule has 0 saturated heterocycles. The van der Waals surface area contributed by atoms with Crippen molar-refractivity contribution >= 4 is 55.7 Å². The molecule has 1 heterocycles. The van der Waals surface area contributed by atoms with Gasteiger partial charge in [0.2, 0.25) is 0 Å². The Kier molecular flexibility index (Phi) is 7.58. The molecule has 2 N–H and O–H groups in total. The molecule has 0 aliphatic rings. The zero-order chi connectivity index (χ0) is 23.2. The van der Waals surface area contributed by atoms with Gasteiger partial charge in [0.25, 0.3) is 11.7 Å². The van der Waals surface area contributed by atoms with Crippen LogP contribution in [0.4, 0.5) is 0 Å². The van der Waals surface area contributed by atoms with Crippen molar-refractivity contribution in [2.75, 3.05) is 5.75 Å². The van der Waals surface area contributed by atoms with Crippen LogP contribution in [-0.2, 0) is 4.79 Å². The zero-order valence-corrected chi connectivity index (χ0v) is 21.0. The van der Waals surface area contributed by atoms with Gasteiger partial charge < -0.3 is 5.11 Å². The highest BCUT2D eigenvalue weighted by Crippen LogP contribution is 2.22. The highest BCUT2D eigenvalue weighted by molar-refractivity contribution is 9.10. The summed E-state index contributed by atoms with van der Waals surface area (Å²) in [7, 11) is 0. The van der Waals surface area contributed by atoms with Crippen molar-refractivity contribution in [1.82, 2.24) is 15.6 Å². The number of nitrogens with one attached hydrogen (secondary N) is 2. The van der Waals surface area contributed by atoms with Gasteiger partial charge in [-0.1, -0.05) is 61.9 Å². The maximum absolute atomic E-state index is 12.3. The Bertz CT molecular complexity index is 1290. The zero-order valence-electron chi connectivity index (χ0n) is 17.0. The van der Waals surface area contributed by atoms with Gasteiger partial charge in [-0.25, -0.2) is 5.43 Å². The number of halogens is 2. The molecule has 10 heteroatoms. The van der Waals surface area contributed by atoms with Crippen molar-refractivity contribution in [3.8, 4) is 22.8 Å². The fourth-order valence-electron chi connectivity index (χ4n) is 2.97. The lowest BCUT2D eigenvalue weighted by atomic mass is 10.2. The molecule has 0 aliphatic carbocycles. The summed E-state index contributed by atoms with van der Waals surface area (Å²) in [4.78, 5) is 12.3. The Hall–Kier alpha value is -2.95. The van der Waals surface area contributed by atoms with E-state index in [0.717, 1.165) is 26.0 Å². The Morgan fingerprint density at radius 3 is 2.58 bits per heavy atom. The molecule has 7 nitrogen and oxygen atoms in total. The third-order valence-corrected chi connectivity index (χ3v) is 6.46. The summed E-state index contributed by atoms with van der Waals surface area (Å²) < 4.78 is 3.71. The molecule has 0 radical (unpaired) electrons. The van der Waals surface area contributed by atoms with Crippen molar-refractivity contribution in [1.29, 1.82) is 0 Å². The molecule has 0 fully saturated rings. The van der Waals surface area contributed by atoms with Crippen LogP contribution in [0, 0.1) is 0 Å². The number of amides is 1. The number of rotatable bonds is 7. The van der Waals surface area contributed by atoms with Gasteiger partial charge in [-0.2, -0.15) is 9.67 Å². The molecule has 0 spiro atoms. The molecular formula is C23H17Br2N5O2S. The number of aromatic nitrogens is 3. The van der Waals surface area contributed by atoms with E-state index < -0.39 is 0 Å². The van der Waals surface area contributed by atoms with Gasteiger partial charge in [0.05, 0.1) is 22.6 Å². The molecule has 0 unspecified atom stereocenters. The number of carbonyl (C=O) groups excluding carboxylic acids is 1. The minimum absolute atomic E-state index is 0.0948. The SMILES string of the molecule is O=C(CSc1n[nH]c(-c2ccc(Br)cc2)[n+]1-c1ccccc1)N/N=C/c1cc(Br)ccc1[O-]. The van der Waals surface area contributed by atoms with Crippen molar-refractivity contribution in [2.24, 2.45) is 5.10 Å². The molecule has 33 heavy (non-hydrogen) atoms. The molecular weight excluding hydrogens is 570 g/mol. The van der Waals surface area contributed by atoms with Crippen LogP contribution in [0.5, 0.6) is 5.75 Å². The van der Waals surface area contributed by atoms with E-state index in [1.165, 1.54) is 24.0 Å². The van der Waals surface area contributed by atoms with Crippen LogP contribution in [-0.4, -0.2) is 28.1 Å². The number of hydrogen-bond acceptors (Lipinski definition) is 5. The lowest BCUT2D eigenvalue weighted by Crippen LogP contribution is -2.34. The highest BCUT2D eigenvalue weighted by Gasteiger charge is 2.24. The van der Waals surface area contributed by atoms with Gasteiger partial charge in [0.1, 0.15) is 5.69 Å². The highest BCUT2D eigenvalue weighted by atomic mass is 79.9. The van der Waals surface area contributed by atoms with E-state index in [4.69, 9.17) is 0 Å². The van der Waals surface area contributed by atoms with E-state index in [9.17, 15) is 9.90 Å². The Balaban J connectivity index is 1.50. The summed E-state index contributed by atoms with van der Waals surface area (Å²) in [6.45, 7) is 0. The topological polar surface area (TPSA) is 97.1 Å². The van der Waals surface area contributed by atoms with Gasteiger partial charge in [-0.15, -0.1) is 5.10 Å². The molecule has 0 aliphatic heterocycles. The number of aromatic amines is 1. The number of thioether (sulfide) groups is 1. The van der Waals surface area contributed by atoms with Crippen molar-refractivity contribution in [3.05, 3.63) is 87.3 Å². The van der Waals surface area contributed by atoms with E-state index in [1.54, 1.807) is 12.1 Å². The fourth-order valence-corrected chi connectivity index (χ4v) is 4.37. The number of H-pyrrole nitrogens is 1. The summed E-state index contributed by atoms with van der Waals surface area (Å²) in [5, 5.41) is 23.9. The minimum atomic E-state index is -0.313. The fraction of sp³-hybridized carbons (Fsp3) is 0.0435. The van der Waals surface area contributed by atoms with E-state index in [2.05, 4.69) is 52.6 Å². The molecule has 1 aromatic heterocycles. The summed E-state index contributed by atoms with van der Waals surface area (Å²) >= 11 is 8.05. The van der Waals surface area contributed by atoms with E-state index in [0.29, 0.717) is 10.7 Å². The Morgan fingerprint density at radius 1 is 1.09 bits per heavy atom. The average Bonchev–Trinajstić information content (AvgIpc) is 3.25. The largest absolute Gasteiger partial charge is 0.872 e. The molecule has 0 saturated carbocycles. The lowest BCUT2D eigenvalue weighted by Gasteiger charge is -2.09. The molecule has 4 aromatic rings. The normalized spacial score (nSPS) is 11.1. The van der Waals surface area contributed by atoms with Crippen LogP contribution >= 0.6 is 43.6 Å². The van der Waals surface area contributed by atoms with Gasteiger partial charge >= 0.3 is 5.16 Å². The van der Waals surface area contributed by atoms with Crippen LogP contribution in [0.25, 0.3) is 17.1 Å². The van der Waals surface area contributed by atoms with Crippen molar-refractivity contribution in [2.45, 2.75) is 5.16 Å². The van der Waals surface area contributed by atoms with Crippen molar-refractivity contribution in [3.63, 3.8) is 0 Å². The first-order valence-electron chi connectivity index (χ1n) is 9.74. The van der Waals surface area contributed by atoms with E-state index in [1.807, 2.05) is 59.2 Å². The first-order chi connectivity index (χ1) is 16.0. The average molecular weight is 587 g/mol. The van der Waals surface area contributed by atoms with Gasteiger partial charge in [-0.05, 0) is 65.9 Å². The van der Waals surface area contributed by atoms with Crippen LogP contribution in [0.15, 0.2) is 92.0 Å². The summed E-state index contributed by atoms with van der Waals surface area (Å²) in [6.07, 6.45) is 1.33. The third kappa shape index (κ3) is 5.89. The summed E-state index contributed by atoms with van der Waals surface area (Å²) in [5.74, 6) is 0.405. The van der Waals surface area contributed by atoms with Crippen LogP contribution in [0.3, 0.4) is 0 Å². The molecule has 0 bridgehead atoms. The third-order valence-electron chi connectivity index (χ3n) is 4.50.